The van der Waals surface area contributed by atoms with E-state index >= 15 is 0 Å². The normalized spacial score (nSPS) is 17.8. The lowest BCUT2D eigenvalue weighted by Gasteiger charge is -2.41. The summed E-state index contributed by atoms with van der Waals surface area (Å²) in [5.41, 5.74) is 7.95. The van der Waals surface area contributed by atoms with Gasteiger partial charge in [0.05, 0.1) is 64.4 Å². The number of aliphatic carboxylic acids is 1. The molecule has 0 radical (unpaired) electrons. The van der Waals surface area contributed by atoms with Crippen LogP contribution in [0.15, 0.2) is 42.5 Å². The van der Waals surface area contributed by atoms with Crippen molar-refractivity contribution in [2.75, 3.05) is 26.3 Å². The number of thiazole rings is 1. The van der Waals surface area contributed by atoms with E-state index in [1.807, 2.05) is 37.3 Å². The SMILES string of the molecule is CC(C)(C)O.Cc1cc2nc(-c3ccc4c(n3)c(C3CCN(C5COC5)CC3)nn4C3CC3)sc2c(-c2ccc(Cl)cc2)c1CC(=O)O. The molecule has 1 saturated carbocycles. The first kappa shape index (κ1) is 33.1. The number of benzene rings is 2. The van der Waals surface area contributed by atoms with Gasteiger partial charge >= 0.3 is 5.97 Å². The van der Waals surface area contributed by atoms with Crippen LogP contribution in [-0.4, -0.2) is 78.8 Å². The van der Waals surface area contributed by atoms with Gasteiger partial charge in [0.1, 0.15) is 10.5 Å². The first-order valence-corrected chi connectivity index (χ1v) is 18.0. The molecule has 252 valence electrons. The van der Waals surface area contributed by atoms with Crippen LogP contribution in [0.5, 0.6) is 0 Å². The van der Waals surface area contributed by atoms with E-state index < -0.39 is 11.6 Å². The van der Waals surface area contributed by atoms with Crippen molar-refractivity contribution in [1.29, 1.82) is 0 Å². The van der Waals surface area contributed by atoms with E-state index in [1.165, 1.54) is 12.8 Å². The van der Waals surface area contributed by atoms with Gasteiger partial charge in [0.25, 0.3) is 0 Å². The molecule has 0 amide bonds. The predicted molar refractivity (Wildman–Crippen MR) is 191 cm³/mol. The summed E-state index contributed by atoms with van der Waals surface area (Å²) in [6.45, 7) is 11.0. The number of carboxylic acids is 1. The molecule has 5 aromatic rings. The van der Waals surface area contributed by atoms with Crippen molar-refractivity contribution in [3.8, 4) is 21.8 Å². The molecule has 2 saturated heterocycles. The van der Waals surface area contributed by atoms with Gasteiger partial charge in [0, 0.05) is 16.5 Å². The van der Waals surface area contributed by atoms with E-state index in [0.717, 1.165) is 99.0 Å². The summed E-state index contributed by atoms with van der Waals surface area (Å²) < 4.78 is 8.61. The molecule has 2 N–H and O–H groups in total. The summed E-state index contributed by atoms with van der Waals surface area (Å²) in [5.74, 6) is -0.475. The van der Waals surface area contributed by atoms with Crippen LogP contribution in [0.1, 0.15) is 75.2 Å². The number of rotatable bonds is 7. The van der Waals surface area contributed by atoms with Gasteiger partial charge in [-0.15, -0.1) is 11.3 Å². The maximum atomic E-state index is 11.9. The first-order valence-electron chi connectivity index (χ1n) is 16.8. The summed E-state index contributed by atoms with van der Waals surface area (Å²) in [6, 6.07) is 14.9. The van der Waals surface area contributed by atoms with Crippen molar-refractivity contribution in [3.63, 3.8) is 0 Å². The number of halogens is 1. The zero-order chi connectivity index (χ0) is 33.7. The second-order valence-corrected chi connectivity index (χ2v) is 15.7. The fraction of sp³-hybridized carbons (Fsp3) is 0.459. The van der Waals surface area contributed by atoms with Crippen molar-refractivity contribution in [1.82, 2.24) is 24.6 Å². The first-order chi connectivity index (χ1) is 22.9. The van der Waals surface area contributed by atoms with E-state index in [2.05, 4.69) is 21.7 Å². The number of fused-ring (bicyclic) bond motifs is 2. The number of ether oxygens (including phenoxy) is 1. The molecule has 3 fully saturated rings. The van der Waals surface area contributed by atoms with Crippen LogP contribution in [0.4, 0.5) is 0 Å². The van der Waals surface area contributed by atoms with E-state index in [4.69, 9.17) is 36.5 Å². The summed E-state index contributed by atoms with van der Waals surface area (Å²) in [4.78, 5) is 24.7. The van der Waals surface area contributed by atoms with E-state index in [9.17, 15) is 9.90 Å². The lowest BCUT2D eigenvalue weighted by atomic mass is 9.92. The molecule has 9 nitrogen and oxygen atoms in total. The number of aryl methyl sites for hydroxylation is 1. The third-order valence-corrected chi connectivity index (χ3v) is 10.6. The Hall–Kier alpha value is -3.41. The highest BCUT2D eigenvalue weighted by atomic mass is 35.5. The Morgan fingerprint density at radius 2 is 1.71 bits per heavy atom. The van der Waals surface area contributed by atoms with Gasteiger partial charge in [-0.2, -0.15) is 5.10 Å². The fourth-order valence-corrected chi connectivity index (χ4v) is 7.89. The Morgan fingerprint density at radius 1 is 1.02 bits per heavy atom. The van der Waals surface area contributed by atoms with Crippen molar-refractivity contribution in [2.24, 2.45) is 0 Å². The van der Waals surface area contributed by atoms with Gasteiger partial charge in [-0.25, -0.2) is 9.97 Å². The van der Waals surface area contributed by atoms with Gasteiger partial charge in [-0.05, 0) is 113 Å². The molecule has 2 aliphatic heterocycles. The third-order valence-electron chi connectivity index (χ3n) is 9.22. The fourth-order valence-electron chi connectivity index (χ4n) is 6.65. The number of hydrogen-bond donors (Lipinski definition) is 2. The second kappa shape index (κ2) is 13.1. The average molecular weight is 688 g/mol. The molecule has 3 aliphatic rings. The van der Waals surface area contributed by atoms with Gasteiger partial charge in [0.2, 0.25) is 0 Å². The van der Waals surface area contributed by atoms with E-state index in [-0.39, 0.29) is 6.42 Å². The minimum absolute atomic E-state index is 0.0620. The van der Waals surface area contributed by atoms with Crippen molar-refractivity contribution in [2.45, 2.75) is 83.4 Å². The molecular weight excluding hydrogens is 646 g/mol. The maximum Gasteiger partial charge on any atom is 0.307 e. The smallest absolute Gasteiger partial charge is 0.307 e. The molecule has 0 unspecified atom stereocenters. The molecule has 8 rings (SSSR count). The van der Waals surface area contributed by atoms with Gasteiger partial charge in [-0.1, -0.05) is 23.7 Å². The minimum atomic E-state index is -0.860. The molecule has 3 aromatic heterocycles. The number of pyridine rings is 1. The molecule has 2 aromatic carbocycles. The molecular formula is C37H42ClN5O4S. The number of aliphatic hydroxyl groups is 1. The summed E-state index contributed by atoms with van der Waals surface area (Å²) in [5, 5.41) is 24.9. The summed E-state index contributed by atoms with van der Waals surface area (Å²) in [7, 11) is 0. The maximum absolute atomic E-state index is 11.9. The van der Waals surface area contributed by atoms with Crippen LogP contribution in [0, 0.1) is 6.92 Å². The molecule has 0 spiro atoms. The van der Waals surface area contributed by atoms with Gasteiger partial charge in [0.15, 0.2) is 0 Å². The highest BCUT2D eigenvalue weighted by Crippen LogP contribution is 2.43. The summed E-state index contributed by atoms with van der Waals surface area (Å²) >= 11 is 7.77. The average Bonchev–Trinajstić information content (AvgIpc) is 3.65. The van der Waals surface area contributed by atoms with E-state index in [0.29, 0.717) is 23.0 Å². The Balaban J connectivity index is 0.000000681. The highest BCUT2D eigenvalue weighted by molar-refractivity contribution is 7.22. The lowest BCUT2D eigenvalue weighted by molar-refractivity contribution is -0.136. The Morgan fingerprint density at radius 3 is 2.31 bits per heavy atom. The zero-order valence-corrected chi connectivity index (χ0v) is 29.4. The number of aromatic nitrogens is 4. The molecule has 5 heterocycles. The van der Waals surface area contributed by atoms with Crippen LogP contribution >= 0.6 is 22.9 Å². The van der Waals surface area contributed by atoms with Crippen LogP contribution in [-0.2, 0) is 16.0 Å². The molecule has 0 atom stereocenters. The van der Waals surface area contributed by atoms with Crippen LogP contribution < -0.4 is 0 Å². The Bertz CT molecular complexity index is 1960. The van der Waals surface area contributed by atoms with Crippen molar-refractivity contribution in [3.05, 3.63) is 64.3 Å². The van der Waals surface area contributed by atoms with Gasteiger partial charge in [-0.3, -0.25) is 14.4 Å². The van der Waals surface area contributed by atoms with Crippen LogP contribution in [0.2, 0.25) is 5.02 Å². The second-order valence-electron chi connectivity index (χ2n) is 14.3. The van der Waals surface area contributed by atoms with Crippen molar-refractivity contribution >= 4 is 50.2 Å². The number of likely N-dealkylation sites (tertiary alicyclic amines) is 1. The summed E-state index contributed by atoms with van der Waals surface area (Å²) in [6.07, 6.45) is 4.43. The largest absolute Gasteiger partial charge is 0.481 e. The van der Waals surface area contributed by atoms with Crippen LogP contribution in [0.3, 0.4) is 0 Å². The number of hydrogen-bond acceptors (Lipinski definition) is 8. The van der Waals surface area contributed by atoms with E-state index in [1.54, 1.807) is 32.1 Å². The molecule has 48 heavy (non-hydrogen) atoms. The highest BCUT2D eigenvalue weighted by Gasteiger charge is 2.34. The zero-order valence-electron chi connectivity index (χ0n) is 27.9. The Kier molecular flexibility index (Phi) is 9.06. The standard InChI is InChI=1S/C33H32ClN5O3S.C4H10O/c1-18-14-26-32(29(24(18)15-28(40)41)19-2-4-21(34)5-3-19)43-33(36-26)25-8-9-27-31(35-25)30(37-39(27)22-6-7-22)20-10-12-38(13-11-20)23-16-42-17-23;1-4(2,3)5/h2-5,8-9,14,20,22-23H,6-7,10-13,15-17H2,1H3,(H,40,41);5H,1-3H3. The van der Waals surface area contributed by atoms with Crippen LogP contribution in [0.25, 0.3) is 43.1 Å². The minimum Gasteiger partial charge on any atom is -0.481 e. The lowest BCUT2D eigenvalue weighted by Crippen LogP contribution is -2.51. The number of carboxylic acid groups (broad SMARTS) is 1. The molecule has 0 bridgehead atoms. The molecule has 11 heteroatoms. The Labute approximate surface area is 289 Å². The number of nitrogens with zero attached hydrogens (tertiary/aromatic N) is 5. The molecule has 1 aliphatic carbocycles. The number of carbonyl (C=O) groups is 1. The quantitative estimate of drug-likeness (QED) is 0.179. The van der Waals surface area contributed by atoms with Crippen molar-refractivity contribution < 1.29 is 19.7 Å². The predicted octanol–water partition coefficient (Wildman–Crippen LogP) is 7.65. The monoisotopic (exact) mass is 687 g/mol. The third kappa shape index (κ3) is 7.00. The topological polar surface area (TPSA) is 114 Å². The number of piperidine rings is 1. The van der Waals surface area contributed by atoms with Gasteiger partial charge < -0.3 is 14.9 Å².